The summed E-state index contributed by atoms with van der Waals surface area (Å²) in [5, 5.41) is 17.2. The number of carboxylic acids is 1. The summed E-state index contributed by atoms with van der Waals surface area (Å²) in [7, 11) is -3.60. The van der Waals surface area contributed by atoms with Crippen LogP contribution in [0.25, 0.3) is 0 Å². The molecular formula is C8H18N2O5S. The Balaban J connectivity index is 3.87. The van der Waals surface area contributed by atoms with Gasteiger partial charge in [-0.2, -0.15) is 8.42 Å². The Morgan fingerprint density at radius 3 is 2.31 bits per heavy atom. The molecule has 0 aliphatic heterocycles. The van der Waals surface area contributed by atoms with Gasteiger partial charge in [-0.15, -0.1) is 0 Å². The highest BCUT2D eigenvalue weighted by molar-refractivity contribution is 7.87. The van der Waals surface area contributed by atoms with Crippen LogP contribution in [0.2, 0.25) is 0 Å². The normalized spacial score (nSPS) is 14.0. The Hall–Kier alpha value is -0.700. The Morgan fingerprint density at radius 2 is 1.88 bits per heavy atom. The molecule has 4 N–H and O–H groups in total. The van der Waals surface area contributed by atoms with Gasteiger partial charge in [-0.05, 0) is 12.3 Å². The summed E-state index contributed by atoms with van der Waals surface area (Å²) in [4.78, 5) is 10.2. The number of carbonyl (C=O) groups is 1. The lowest BCUT2D eigenvalue weighted by atomic mass is 10.2. The molecule has 0 spiro atoms. The molecular weight excluding hydrogens is 236 g/mol. The molecule has 1 atom stereocenters. The van der Waals surface area contributed by atoms with Crippen LogP contribution in [0.3, 0.4) is 0 Å². The maximum absolute atomic E-state index is 11.2. The zero-order valence-electron chi connectivity index (χ0n) is 9.30. The highest BCUT2D eigenvalue weighted by atomic mass is 32.2. The standard InChI is InChI=1S/C8H18N2O5S/c1-6(2)5-10-16(14,15)9-4-3-7(11)8(12)13/h6-7,9-11H,3-5H2,1-2H3,(H,12,13)/t7-/m0/s1. The van der Waals surface area contributed by atoms with Crippen molar-refractivity contribution in [3.63, 3.8) is 0 Å². The second kappa shape index (κ2) is 6.79. The third kappa shape index (κ3) is 7.57. The van der Waals surface area contributed by atoms with Crippen molar-refractivity contribution in [2.75, 3.05) is 13.1 Å². The zero-order valence-corrected chi connectivity index (χ0v) is 10.1. The quantitative estimate of drug-likeness (QED) is 0.439. The van der Waals surface area contributed by atoms with Gasteiger partial charge in [-0.3, -0.25) is 0 Å². The lowest BCUT2D eigenvalue weighted by molar-refractivity contribution is -0.146. The second-order valence-electron chi connectivity index (χ2n) is 3.78. The molecule has 0 fully saturated rings. The third-order valence-corrected chi connectivity index (χ3v) is 2.81. The number of hydrogen-bond donors (Lipinski definition) is 4. The minimum absolute atomic E-state index is 0.124. The van der Waals surface area contributed by atoms with Crippen LogP contribution in [0.5, 0.6) is 0 Å². The van der Waals surface area contributed by atoms with E-state index in [-0.39, 0.29) is 18.9 Å². The van der Waals surface area contributed by atoms with Gasteiger partial charge < -0.3 is 10.2 Å². The van der Waals surface area contributed by atoms with E-state index in [0.717, 1.165) is 0 Å². The van der Waals surface area contributed by atoms with Crippen LogP contribution in [0.15, 0.2) is 0 Å². The lowest BCUT2D eigenvalue weighted by Crippen LogP contribution is -2.40. The number of carboxylic acid groups (broad SMARTS) is 1. The number of aliphatic hydroxyl groups excluding tert-OH is 1. The predicted octanol–water partition coefficient (Wildman–Crippen LogP) is -1.10. The van der Waals surface area contributed by atoms with E-state index in [1.54, 1.807) is 0 Å². The van der Waals surface area contributed by atoms with Crippen molar-refractivity contribution >= 4 is 16.2 Å². The van der Waals surface area contributed by atoms with Crippen molar-refractivity contribution in [1.82, 2.24) is 9.44 Å². The van der Waals surface area contributed by atoms with Gasteiger partial charge in [0, 0.05) is 13.1 Å². The summed E-state index contributed by atoms with van der Waals surface area (Å²) in [6.45, 7) is 3.89. The molecule has 0 aliphatic carbocycles. The third-order valence-electron chi connectivity index (χ3n) is 1.68. The molecule has 0 aliphatic rings. The number of nitrogens with one attached hydrogen (secondary N) is 2. The summed E-state index contributed by atoms with van der Waals surface area (Å²) in [6.07, 6.45) is -1.72. The summed E-state index contributed by atoms with van der Waals surface area (Å²) in [6, 6.07) is 0. The number of rotatable bonds is 8. The van der Waals surface area contributed by atoms with E-state index in [4.69, 9.17) is 10.2 Å². The fourth-order valence-corrected chi connectivity index (χ4v) is 1.82. The Labute approximate surface area is 95.0 Å². The smallest absolute Gasteiger partial charge is 0.332 e. The largest absolute Gasteiger partial charge is 0.479 e. The SMILES string of the molecule is CC(C)CNS(=O)(=O)NCC[C@H](O)C(=O)O. The first-order valence-electron chi connectivity index (χ1n) is 4.89. The summed E-state index contributed by atoms with van der Waals surface area (Å²) >= 11 is 0. The van der Waals surface area contributed by atoms with Gasteiger partial charge in [-0.25, -0.2) is 14.2 Å². The number of aliphatic hydroxyl groups is 1. The van der Waals surface area contributed by atoms with Gasteiger partial charge in [0.25, 0.3) is 10.2 Å². The Bertz CT molecular complexity index is 314. The van der Waals surface area contributed by atoms with Crippen LogP contribution in [0, 0.1) is 5.92 Å². The summed E-state index contributed by atoms with van der Waals surface area (Å²) in [5.41, 5.74) is 0. The van der Waals surface area contributed by atoms with Gasteiger partial charge in [-0.1, -0.05) is 13.8 Å². The topological polar surface area (TPSA) is 116 Å². The van der Waals surface area contributed by atoms with E-state index in [2.05, 4.69) is 9.44 Å². The molecule has 8 heteroatoms. The van der Waals surface area contributed by atoms with Crippen molar-refractivity contribution in [2.24, 2.45) is 5.92 Å². The maximum atomic E-state index is 11.2. The van der Waals surface area contributed by atoms with E-state index >= 15 is 0 Å². The van der Waals surface area contributed by atoms with Gasteiger partial charge in [0.05, 0.1) is 0 Å². The fraction of sp³-hybridized carbons (Fsp3) is 0.875. The molecule has 0 bridgehead atoms. The molecule has 96 valence electrons. The zero-order chi connectivity index (χ0) is 12.8. The average Bonchev–Trinajstić information content (AvgIpc) is 2.14. The average molecular weight is 254 g/mol. The van der Waals surface area contributed by atoms with Crippen LogP contribution in [0.4, 0.5) is 0 Å². The molecule has 0 rings (SSSR count). The number of aliphatic carboxylic acids is 1. The van der Waals surface area contributed by atoms with E-state index in [1.165, 1.54) is 0 Å². The Morgan fingerprint density at radius 1 is 1.31 bits per heavy atom. The molecule has 0 amide bonds. The maximum Gasteiger partial charge on any atom is 0.332 e. The van der Waals surface area contributed by atoms with Gasteiger partial charge in [0.1, 0.15) is 0 Å². The van der Waals surface area contributed by atoms with E-state index < -0.39 is 22.3 Å². The molecule has 0 unspecified atom stereocenters. The molecule has 0 aromatic carbocycles. The monoisotopic (exact) mass is 254 g/mol. The van der Waals surface area contributed by atoms with Crippen LogP contribution in [-0.4, -0.2) is 43.8 Å². The fourth-order valence-electron chi connectivity index (χ4n) is 0.781. The van der Waals surface area contributed by atoms with Crippen molar-refractivity contribution in [2.45, 2.75) is 26.4 Å². The Kier molecular flexibility index (Phi) is 6.49. The van der Waals surface area contributed by atoms with Gasteiger partial charge in [0.15, 0.2) is 6.10 Å². The van der Waals surface area contributed by atoms with Crippen molar-refractivity contribution < 1.29 is 23.4 Å². The molecule has 0 heterocycles. The molecule has 16 heavy (non-hydrogen) atoms. The predicted molar refractivity (Wildman–Crippen MR) is 58.0 cm³/mol. The lowest BCUT2D eigenvalue weighted by Gasteiger charge is -2.10. The first-order chi connectivity index (χ1) is 7.24. The van der Waals surface area contributed by atoms with Crippen LogP contribution >= 0.6 is 0 Å². The molecule has 0 radical (unpaired) electrons. The summed E-state index contributed by atoms with van der Waals surface area (Å²) in [5.74, 6) is -1.18. The minimum Gasteiger partial charge on any atom is -0.479 e. The van der Waals surface area contributed by atoms with Gasteiger partial charge >= 0.3 is 5.97 Å². The van der Waals surface area contributed by atoms with Crippen molar-refractivity contribution in [1.29, 1.82) is 0 Å². The molecule has 7 nitrogen and oxygen atoms in total. The number of hydrogen-bond acceptors (Lipinski definition) is 4. The summed E-state index contributed by atoms with van der Waals surface area (Å²) < 4.78 is 26.9. The molecule has 0 aromatic rings. The molecule has 0 saturated heterocycles. The minimum atomic E-state index is -3.60. The second-order valence-corrected chi connectivity index (χ2v) is 5.37. The van der Waals surface area contributed by atoms with Crippen molar-refractivity contribution in [3.8, 4) is 0 Å². The first kappa shape index (κ1) is 15.3. The van der Waals surface area contributed by atoms with E-state index in [0.29, 0.717) is 6.54 Å². The van der Waals surface area contributed by atoms with Crippen molar-refractivity contribution in [3.05, 3.63) is 0 Å². The van der Waals surface area contributed by atoms with Crippen LogP contribution < -0.4 is 9.44 Å². The molecule has 0 aromatic heterocycles. The van der Waals surface area contributed by atoms with Crippen LogP contribution in [-0.2, 0) is 15.0 Å². The molecule has 0 saturated carbocycles. The highest BCUT2D eigenvalue weighted by Gasteiger charge is 2.15. The highest BCUT2D eigenvalue weighted by Crippen LogP contribution is 1.92. The first-order valence-corrected chi connectivity index (χ1v) is 6.38. The van der Waals surface area contributed by atoms with Gasteiger partial charge in [0.2, 0.25) is 0 Å². The van der Waals surface area contributed by atoms with Crippen LogP contribution in [0.1, 0.15) is 20.3 Å². The van der Waals surface area contributed by atoms with E-state index in [9.17, 15) is 13.2 Å². The van der Waals surface area contributed by atoms with E-state index in [1.807, 2.05) is 13.8 Å².